The van der Waals surface area contributed by atoms with E-state index in [1.807, 2.05) is 12.1 Å². The summed E-state index contributed by atoms with van der Waals surface area (Å²) < 4.78 is 6.62. The number of ether oxygens (including phenoxy) is 1. The van der Waals surface area contributed by atoms with Gasteiger partial charge in [-0.05, 0) is 60.9 Å². The standard InChI is InChI=1S/C24H25N5O4/c1-33-20-10-8-18(9-11-20)26-22(30)21-7-3-14-29(21)24(32)27-19-6-2-5-17(15-19)16-28-13-4-12-25-23(28)31/h2,4-6,8-13,15,21H,3,7,14,16H2,1H3,(H,26,30)(H,27,32). The fourth-order valence-corrected chi connectivity index (χ4v) is 3.83. The van der Waals surface area contributed by atoms with Gasteiger partial charge in [0.15, 0.2) is 0 Å². The van der Waals surface area contributed by atoms with Crippen LogP contribution in [0.2, 0.25) is 0 Å². The number of hydrogen-bond acceptors (Lipinski definition) is 5. The average molecular weight is 447 g/mol. The van der Waals surface area contributed by atoms with E-state index in [4.69, 9.17) is 4.74 Å². The van der Waals surface area contributed by atoms with Crippen LogP contribution in [0.3, 0.4) is 0 Å². The normalized spacial score (nSPS) is 15.2. The molecule has 1 aromatic heterocycles. The van der Waals surface area contributed by atoms with E-state index in [0.29, 0.717) is 36.6 Å². The quantitative estimate of drug-likeness (QED) is 0.604. The number of carbonyl (C=O) groups is 2. The number of carbonyl (C=O) groups excluding carboxylic acids is 2. The molecule has 170 valence electrons. The summed E-state index contributed by atoms with van der Waals surface area (Å²) in [6, 6.07) is 15.1. The largest absolute Gasteiger partial charge is 0.497 e. The SMILES string of the molecule is COc1ccc(NC(=O)C2CCCN2C(=O)Nc2cccc(Cn3cccnc3=O)c2)cc1. The van der Waals surface area contributed by atoms with Crippen LogP contribution in [-0.2, 0) is 11.3 Å². The molecule has 0 bridgehead atoms. The number of amides is 3. The highest BCUT2D eigenvalue weighted by Crippen LogP contribution is 2.22. The molecule has 3 amide bonds. The van der Waals surface area contributed by atoms with Crippen LogP contribution in [0.1, 0.15) is 18.4 Å². The van der Waals surface area contributed by atoms with Crippen LogP contribution in [0, 0.1) is 0 Å². The third kappa shape index (κ3) is 5.38. The van der Waals surface area contributed by atoms with Crippen molar-refractivity contribution < 1.29 is 14.3 Å². The molecule has 2 aromatic carbocycles. The number of likely N-dealkylation sites (tertiary alicyclic amines) is 1. The van der Waals surface area contributed by atoms with E-state index in [2.05, 4.69) is 15.6 Å². The summed E-state index contributed by atoms with van der Waals surface area (Å²) in [5.74, 6) is 0.475. The lowest BCUT2D eigenvalue weighted by molar-refractivity contribution is -0.119. The van der Waals surface area contributed by atoms with Crippen LogP contribution in [0.15, 0.2) is 71.8 Å². The third-order valence-electron chi connectivity index (χ3n) is 5.49. The molecule has 0 radical (unpaired) electrons. The van der Waals surface area contributed by atoms with Crippen LogP contribution in [0.5, 0.6) is 5.75 Å². The first kappa shape index (κ1) is 22.1. The van der Waals surface area contributed by atoms with Gasteiger partial charge in [0.1, 0.15) is 11.8 Å². The van der Waals surface area contributed by atoms with E-state index in [-0.39, 0.29) is 17.6 Å². The lowest BCUT2D eigenvalue weighted by Gasteiger charge is -2.24. The molecular formula is C24H25N5O4. The maximum Gasteiger partial charge on any atom is 0.347 e. The molecule has 2 heterocycles. The summed E-state index contributed by atoms with van der Waals surface area (Å²) >= 11 is 0. The van der Waals surface area contributed by atoms with Crippen molar-refractivity contribution in [3.63, 3.8) is 0 Å². The first-order valence-electron chi connectivity index (χ1n) is 10.7. The Bertz CT molecular complexity index is 1190. The zero-order valence-electron chi connectivity index (χ0n) is 18.2. The lowest BCUT2D eigenvalue weighted by atomic mass is 10.2. The van der Waals surface area contributed by atoms with Gasteiger partial charge in [0.05, 0.1) is 13.7 Å². The summed E-state index contributed by atoms with van der Waals surface area (Å²) in [4.78, 5) is 42.9. The molecule has 1 unspecified atom stereocenters. The van der Waals surface area contributed by atoms with Crippen molar-refractivity contribution >= 4 is 23.3 Å². The monoisotopic (exact) mass is 447 g/mol. The zero-order chi connectivity index (χ0) is 23.2. The number of nitrogens with zero attached hydrogens (tertiary/aromatic N) is 3. The topological polar surface area (TPSA) is 106 Å². The number of methoxy groups -OCH3 is 1. The second-order valence-corrected chi connectivity index (χ2v) is 7.73. The van der Waals surface area contributed by atoms with Gasteiger partial charge in [-0.3, -0.25) is 9.36 Å². The van der Waals surface area contributed by atoms with Crippen LogP contribution in [0.4, 0.5) is 16.2 Å². The first-order chi connectivity index (χ1) is 16.0. The molecule has 0 aliphatic carbocycles. The van der Waals surface area contributed by atoms with Gasteiger partial charge >= 0.3 is 11.7 Å². The Kier molecular flexibility index (Phi) is 6.68. The van der Waals surface area contributed by atoms with E-state index in [0.717, 1.165) is 12.0 Å². The first-order valence-corrected chi connectivity index (χ1v) is 10.7. The van der Waals surface area contributed by atoms with Gasteiger partial charge in [-0.1, -0.05) is 12.1 Å². The summed E-state index contributed by atoms with van der Waals surface area (Å²) in [5, 5.41) is 5.75. The zero-order valence-corrected chi connectivity index (χ0v) is 18.2. The molecule has 1 aliphatic rings. The van der Waals surface area contributed by atoms with Crippen molar-refractivity contribution in [2.75, 3.05) is 24.3 Å². The second kappa shape index (κ2) is 9.99. The summed E-state index contributed by atoms with van der Waals surface area (Å²) in [5.41, 5.74) is 1.75. The molecule has 0 spiro atoms. The van der Waals surface area contributed by atoms with Crippen LogP contribution in [-0.4, -0.2) is 46.1 Å². The van der Waals surface area contributed by atoms with Gasteiger partial charge < -0.3 is 20.3 Å². The molecule has 33 heavy (non-hydrogen) atoms. The van der Waals surface area contributed by atoms with E-state index < -0.39 is 6.04 Å². The Morgan fingerprint density at radius 2 is 1.91 bits per heavy atom. The molecule has 0 saturated carbocycles. The molecule has 2 N–H and O–H groups in total. The molecule has 1 saturated heterocycles. The molecule has 9 heteroatoms. The van der Waals surface area contributed by atoms with Crippen molar-refractivity contribution in [2.24, 2.45) is 0 Å². The highest BCUT2D eigenvalue weighted by atomic mass is 16.5. The minimum atomic E-state index is -0.552. The van der Waals surface area contributed by atoms with Crippen molar-refractivity contribution in [3.8, 4) is 5.75 Å². The number of nitrogens with one attached hydrogen (secondary N) is 2. The predicted molar refractivity (Wildman–Crippen MR) is 124 cm³/mol. The molecule has 9 nitrogen and oxygen atoms in total. The summed E-state index contributed by atoms with van der Waals surface area (Å²) in [6.07, 6.45) is 4.46. The molecule has 1 atom stereocenters. The number of urea groups is 1. The molecule has 4 rings (SSSR count). The predicted octanol–water partition coefficient (Wildman–Crippen LogP) is 2.94. The molecule has 1 aliphatic heterocycles. The van der Waals surface area contributed by atoms with E-state index in [9.17, 15) is 14.4 Å². The van der Waals surface area contributed by atoms with Crippen molar-refractivity contribution in [1.29, 1.82) is 0 Å². The Balaban J connectivity index is 1.40. The highest BCUT2D eigenvalue weighted by Gasteiger charge is 2.34. The number of rotatable bonds is 6. The maximum atomic E-state index is 12.9. The van der Waals surface area contributed by atoms with Crippen LogP contribution < -0.4 is 21.1 Å². The Morgan fingerprint density at radius 3 is 2.67 bits per heavy atom. The Labute approximate surface area is 191 Å². The number of aromatic nitrogens is 2. The van der Waals surface area contributed by atoms with Crippen molar-refractivity contribution in [1.82, 2.24) is 14.5 Å². The summed E-state index contributed by atoms with van der Waals surface area (Å²) in [6.45, 7) is 0.838. The van der Waals surface area contributed by atoms with Gasteiger partial charge in [0.25, 0.3) is 0 Å². The number of hydrogen-bond donors (Lipinski definition) is 2. The van der Waals surface area contributed by atoms with Crippen LogP contribution >= 0.6 is 0 Å². The van der Waals surface area contributed by atoms with Gasteiger partial charge in [0.2, 0.25) is 5.91 Å². The molecule has 1 fully saturated rings. The van der Waals surface area contributed by atoms with Gasteiger partial charge in [-0.15, -0.1) is 0 Å². The van der Waals surface area contributed by atoms with Gasteiger partial charge in [-0.25, -0.2) is 14.6 Å². The van der Waals surface area contributed by atoms with E-state index in [1.54, 1.807) is 60.7 Å². The lowest BCUT2D eigenvalue weighted by Crippen LogP contribution is -2.45. The smallest absolute Gasteiger partial charge is 0.347 e. The van der Waals surface area contributed by atoms with Gasteiger partial charge in [0, 0.05) is 30.3 Å². The minimum Gasteiger partial charge on any atom is -0.497 e. The molecule has 3 aromatic rings. The maximum absolute atomic E-state index is 12.9. The van der Waals surface area contributed by atoms with Crippen molar-refractivity contribution in [3.05, 3.63) is 83.0 Å². The number of anilines is 2. The fraction of sp³-hybridized carbons (Fsp3) is 0.250. The highest BCUT2D eigenvalue weighted by molar-refractivity contribution is 5.99. The fourth-order valence-electron chi connectivity index (χ4n) is 3.83. The minimum absolute atomic E-state index is 0.225. The van der Waals surface area contributed by atoms with Gasteiger partial charge in [-0.2, -0.15) is 0 Å². The average Bonchev–Trinajstić information content (AvgIpc) is 3.32. The number of benzene rings is 2. The summed E-state index contributed by atoms with van der Waals surface area (Å²) in [7, 11) is 1.58. The molecular weight excluding hydrogens is 422 g/mol. The Morgan fingerprint density at radius 1 is 1.09 bits per heavy atom. The Hall–Kier alpha value is -4.14. The van der Waals surface area contributed by atoms with E-state index >= 15 is 0 Å². The van der Waals surface area contributed by atoms with Crippen molar-refractivity contribution in [2.45, 2.75) is 25.4 Å². The van der Waals surface area contributed by atoms with E-state index in [1.165, 1.54) is 10.8 Å². The van der Waals surface area contributed by atoms with Crippen LogP contribution in [0.25, 0.3) is 0 Å². The third-order valence-corrected chi connectivity index (χ3v) is 5.49. The second-order valence-electron chi connectivity index (χ2n) is 7.73.